The first-order valence-electron chi connectivity index (χ1n) is 6.75. The van der Waals surface area contributed by atoms with E-state index in [1.807, 2.05) is 0 Å². The predicted octanol–water partition coefficient (Wildman–Crippen LogP) is 2.32. The molecule has 3 heteroatoms. The van der Waals surface area contributed by atoms with Crippen molar-refractivity contribution in [3.8, 4) is 0 Å². The third kappa shape index (κ3) is 2.74. The molecule has 2 rings (SSSR count). The van der Waals surface area contributed by atoms with Gasteiger partial charge in [-0.1, -0.05) is 12.8 Å². The molecule has 1 N–H and O–H groups in total. The highest BCUT2D eigenvalue weighted by atomic mass is 32.1. The molecule has 0 amide bonds. The lowest BCUT2D eigenvalue weighted by Crippen LogP contribution is -2.50. The van der Waals surface area contributed by atoms with Gasteiger partial charge in [-0.25, -0.2) is 0 Å². The summed E-state index contributed by atoms with van der Waals surface area (Å²) in [6.45, 7) is 2.63. The van der Waals surface area contributed by atoms with E-state index in [1.54, 1.807) is 0 Å². The van der Waals surface area contributed by atoms with Crippen LogP contribution in [0, 0.1) is 5.41 Å². The molecule has 0 aliphatic heterocycles. The number of hydrogen-bond donors (Lipinski definition) is 2. The quantitative estimate of drug-likeness (QED) is 0.670. The zero-order valence-electron chi connectivity index (χ0n) is 10.2. The molecule has 94 valence electrons. The summed E-state index contributed by atoms with van der Waals surface area (Å²) in [5, 5.41) is 8.97. The smallest absolute Gasteiger partial charge is 0.0443 e. The van der Waals surface area contributed by atoms with Crippen molar-refractivity contribution in [2.45, 2.75) is 51.0 Å². The fourth-order valence-electron chi connectivity index (χ4n) is 2.89. The van der Waals surface area contributed by atoms with Crippen molar-refractivity contribution in [3.63, 3.8) is 0 Å². The van der Waals surface area contributed by atoms with Gasteiger partial charge in [0.1, 0.15) is 0 Å². The Balaban J connectivity index is 1.84. The Morgan fingerprint density at radius 3 is 2.38 bits per heavy atom. The molecular weight excluding hydrogens is 218 g/mol. The second-order valence-electron chi connectivity index (χ2n) is 5.64. The van der Waals surface area contributed by atoms with Gasteiger partial charge in [0, 0.05) is 25.7 Å². The van der Waals surface area contributed by atoms with Crippen LogP contribution in [0.2, 0.25) is 0 Å². The largest absolute Gasteiger partial charge is 0.396 e. The molecule has 0 unspecified atom stereocenters. The molecule has 0 spiro atoms. The van der Waals surface area contributed by atoms with E-state index >= 15 is 0 Å². The van der Waals surface area contributed by atoms with E-state index in [1.165, 1.54) is 45.1 Å². The monoisotopic (exact) mass is 243 g/mol. The molecule has 0 radical (unpaired) electrons. The molecule has 2 saturated carbocycles. The summed E-state index contributed by atoms with van der Waals surface area (Å²) in [5.41, 5.74) is 0.508. The minimum absolute atomic E-state index is 0.330. The highest BCUT2D eigenvalue weighted by Gasteiger charge is 2.39. The molecular formula is C13H25NOS. The Morgan fingerprint density at radius 2 is 2.00 bits per heavy atom. The lowest BCUT2D eigenvalue weighted by atomic mass is 9.69. The van der Waals surface area contributed by atoms with Crippen LogP contribution < -0.4 is 0 Å². The van der Waals surface area contributed by atoms with Gasteiger partial charge in [0.05, 0.1) is 0 Å². The Bertz CT molecular complexity index is 208. The number of rotatable bonds is 7. The van der Waals surface area contributed by atoms with Gasteiger partial charge in [0.2, 0.25) is 0 Å². The molecule has 0 heterocycles. The normalized spacial score (nSPS) is 24.2. The molecule has 2 aliphatic rings. The summed E-state index contributed by atoms with van der Waals surface area (Å²) in [5.74, 6) is 1.04. The maximum absolute atomic E-state index is 8.97. The summed E-state index contributed by atoms with van der Waals surface area (Å²) in [7, 11) is 0. The van der Waals surface area contributed by atoms with Crippen molar-refractivity contribution < 1.29 is 5.11 Å². The molecule has 2 aliphatic carbocycles. The van der Waals surface area contributed by atoms with Crippen LogP contribution in [0.5, 0.6) is 0 Å². The van der Waals surface area contributed by atoms with Crippen molar-refractivity contribution in [3.05, 3.63) is 0 Å². The Hall–Kier alpha value is 0.270. The predicted molar refractivity (Wildman–Crippen MR) is 71.1 cm³/mol. The van der Waals surface area contributed by atoms with Crippen LogP contribution >= 0.6 is 12.6 Å². The van der Waals surface area contributed by atoms with Crippen LogP contribution in [-0.4, -0.2) is 41.5 Å². The first-order valence-corrected chi connectivity index (χ1v) is 7.39. The number of thiol groups is 1. The molecule has 0 saturated heterocycles. The molecule has 2 fully saturated rings. The molecule has 0 aromatic carbocycles. The highest BCUT2D eigenvalue weighted by molar-refractivity contribution is 7.80. The Kier molecular flexibility index (Phi) is 4.57. The van der Waals surface area contributed by atoms with Gasteiger partial charge in [-0.2, -0.15) is 12.6 Å². The van der Waals surface area contributed by atoms with E-state index in [4.69, 9.17) is 5.11 Å². The van der Waals surface area contributed by atoms with Crippen molar-refractivity contribution in [2.24, 2.45) is 5.41 Å². The minimum Gasteiger partial charge on any atom is -0.396 e. The van der Waals surface area contributed by atoms with Crippen LogP contribution in [-0.2, 0) is 0 Å². The number of aliphatic hydroxyl groups is 1. The molecule has 0 atom stereocenters. The number of nitrogens with zero attached hydrogens (tertiary/aromatic N) is 1. The van der Waals surface area contributed by atoms with E-state index < -0.39 is 0 Å². The zero-order valence-corrected chi connectivity index (χ0v) is 11.1. The van der Waals surface area contributed by atoms with Gasteiger partial charge in [-0.3, -0.25) is 4.90 Å². The average molecular weight is 243 g/mol. The summed E-state index contributed by atoms with van der Waals surface area (Å²) < 4.78 is 0. The van der Waals surface area contributed by atoms with Gasteiger partial charge in [0.15, 0.2) is 0 Å². The van der Waals surface area contributed by atoms with Crippen LogP contribution in [0.4, 0.5) is 0 Å². The third-order valence-corrected chi connectivity index (χ3v) is 5.15. The topological polar surface area (TPSA) is 23.5 Å². The second-order valence-corrected chi connectivity index (χ2v) is 5.96. The van der Waals surface area contributed by atoms with Crippen molar-refractivity contribution in [1.29, 1.82) is 0 Å². The molecule has 16 heavy (non-hydrogen) atoms. The minimum atomic E-state index is 0.330. The van der Waals surface area contributed by atoms with E-state index in [0.717, 1.165) is 24.8 Å². The van der Waals surface area contributed by atoms with Crippen LogP contribution in [0.15, 0.2) is 0 Å². The summed E-state index contributed by atoms with van der Waals surface area (Å²) >= 11 is 4.54. The maximum Gasteiger partial charge on any atom is 0.0443 e. The Morgan fingerprint density at radius 1 is 1.25 bits per heavy atom. The highest BCUT2D eigenvalue weighted by Crippen LogP contribution is 2.43. The van der Waals surface area contributed by atoms with E-state index in [2.05, 4.69) is 17.5 Å². The fourth-order valence-corrected chi connectivity index (χ4v) is 3.31. The lowest BCUT2D eigenvalue weighted by molar-refractivity contribution is 0.0342. The first kappa shape index (κ1) is 12.7. The van der Waals surface area contributed by atoms with Crippen LogP contribution in [0.3, 0.4) is 0 Å². The van der Waals surface area contributed by atoms with Crippen molar-refractivity contribution in [1.82, 2.24) is 4.90 Å². The lowest BCUT2D eigenvalue weighted by Gasteiger charge is -2.48. The van der Waals surface area contributed by atoms with E-state index in [-0.39, 0.29) is 0 Å². The van der Waals surface area contributed by atoms with Crippen LogP contribution in [0.1, 0.15) is 44.9 Å². The van der Waals surface area contributed by atoms with Gasteiger partial charge in [0.25, 0.3) is 0 Å². The maximum atomic E-state index is 8.97. The van der Waals surface area contributed by atoms with Crippen LogP contribution in [0.25, 0.3) is 0 Å². The van der Waals surface area contributed by atoms with Crippen molar-refractivity contribution >= 4 is 12.6 Å². The van der Waals surface area contributed by atoms with E-state index in [9.17, 15) is 0 Å². The fraction of sp³-hybridized carbons (Fsp3) is 1.00. The SMILES string of the molecule is OCCCN(CC1(CS)CCC1)C1CCC1. The number of hydrogen-bond acceptors (Lipinski definition) is 3. The van der Waals surface area contributed by atoms with E-state index in [0.29, 0.717) is 12.0 Å². The summed E-state index contributed by atoms with van der Waals surface area (Å²) in [6, 6.07) is 0.809. The van der Waals surface area contributed by atoms with Gasteiger partial charge in [-0.15, -0.1) is 0 Å². The molecule has 0 bridgehead atoms. The summed E-state index contributed by atoms with van der Waals surface area (Å²) in [4.78, 5) is 2.63. The number of aliphatic hydroxyl groups excluding tert-OH is 1. The summed E-state index contributed by atoms with van der Waals surface area (Å²) in [6.07, 6.45) is 9.17. The standard InChI is InChI=1S/C13H25NOS/c15-9-3-8-14(12-4-1-5-12)10-13(11-16)6-2-7-13/h12,15-16H,1-11H2. The first-order chi connectivity index (χ1) is 7.79. The Labute approximate surface area is 105 Å². The average Bonchev–Trinajstić information content (AvgIpc) is 2.16. The van der Waals surface area contributed by atoms with Gasteiger partial charge < -0.3 is 5.11 Å². The molecule has 0 aromatic heterocycles. The third-order valence-electron chi connectivity index (χ3n) is 4.48. The zero-order chi connectivity index (χ0) is 11.4. The second kappa shape index (κ2) is 5.74. The van der Waals surface area contributed by atoms with Crippen molar-refractivity contribution in [2.75, 3.05) is 25.4 Å². The molecule has 0 aromatic rings. The van der Waals surface area contributed by atoms with Gasteiger partial charge >= 0.3 is 0 Å². The van der Waals surface area contributed by atoms with Gasteiger partial charge in [-0.05, 0) is 43.3 Å². The molecule has 2 nitrogen and oxygen atoms in total.